The number of benzene rings is 3. The summed E-state index contributed by atoms with van der Waals surface area (Å²) in [5.74, 6) is -1.59. The van der Waals surface area contributed by atoms with Crippen LogP contribution in [0, 0.1) is 10.1 Å². The van der Waals surface area contributed by atoms with Gasteiger partial charge in [0.25, 0.3) is 5.69 Å². The van der Waals surface area contributed by atoms with Crippen LogP contribution < -0.4 is 5.32 Å². The van der Waals surface area contributed by atoms with Crippen molar-refractivity contribution in [2.75, 3.05) is 13.2 Å². The topological polar surface area (TPSA) is 159 Å². The zero-order valence-corrected chi connectivity index (χ0v) is 18.3. The van der Waals surface area contributed by atoms with E-state index in [0.717, 1.165) is 40.5 Å². The molecule has 4 N–H and O–H groups in total. The van der Waals surface area contributed by atoms with Gasteiger partial charge in [0.05, 0.1) is 10.5 Å². The van der Waals surface area contributed by atoms with E-state index in [2.05, 4.69) is 5.32 Å². The van der Waals surface area contributed by atoms with Crippen molar-refractivity contribution in [3.8, 4) is 11.1 Å². The maximum Gasteiger partial charge on any atom is 0.407 e. The second kappa shape index (κ2) is 9.92. The molecule has 3 aromatic carbocycles. The fraction of sp³-hybridized carbons (Fsp3) is 0.200. The van der Waals surface area contributed by atoms with Gasteiger partial charge in [0.1, 0.15) is 18.8 Å². The van der Waals surface area contributed by atoms with Gasteiger partial charge in [0, 0.05) is 30.2 Å². The summed E-state index contributed by atoms with van der Waals surface area (Å²) in [5, 5.41) is 43.4. The Bertz CT molecular complexity index is 1250. The Morgan fingerprint density at radius 1 is 1.00 bits per heavy atom. The number of nitrogens with one attached hydrogen (secondary N) is 1. The number of rotatable bonds is 8. The van der Waals surface area contributed by atoms with Gasteiger partial charge in [-0.1, -0.05) is 48.5 Å². The average molecular weight is 478 g/mol. The van der Waals surface area contributed by atoms with Crippen LogP contribution in [0.2, 0.25) is 0 Å². The second-order valence-electron chi connectivity index (χ2n) is 8.05. The highest BCUT2D eigenvalue weighted by Gasteiger charge is 2.30. The Morgan fingerprint density at radius 3 is 2.17 bits per heavy atom. The van der Waals surface area contributed by atoms with Crippen molar-refractivity contribution < 1.29 is 34.6 Å². The highest BCUT2D eigenvalue weighted by molar-refractivity contribution is 5.90. The maximum atomic E-state index is 12.3. The monoisotopic (exact) mass is 478 g/mol. The highest BCUT2D eigenvalue weighted by atomic mass is 16.6. The molecule has 0 aliphatic heterocycles. The Labute approximate surface area is 199 Å². The summed E-state index contributed by atoms with van der Waals surface area (Å²) in [6, 6.07) is 18.5. The van der Waals surface area contributed by atoms with Crippen LogP contribution in [0.4, 0.5) is 10.5 Å². The van der Waals surface area contributed by atoms with Crippen LogP contribution in [-0.4, -0.2) is 51.6 Å². The fourth-order valence-electron chi connectivity index (χ4n) is 4.26. The average Bonchev–Trinajstić information content (AvgIpc) is 3.18. The largest absolute Gasteiger partial charge is 0.478 e. The molecule has 0 bridgehead atoms. The van der Waals surface area contributed by atoms with Gasteiger partial charge < -0.3 is 25.4 Å². The minimum atomic E-state index is -1.80. The van der Waals surface area contributed by atoms with Gasteiger partial charge in [0.15, 0.2) is 0 Å². The molecule has 1 aliphatic rings. The summed E-state index contributed by atoms with van der Waals surface area (Å²) in [4.78, 5) is 34.0. The number of ether oxygens (including phenoxy) is 1. The number of hydrogen-bond donors (Lipinski definition) is 4. The number of aliphatic hydroxyl groups is 2. The number of aliphatic hydroxyl groups excluding tert-OH is 2. The lowest BCUT2D eigenvalue weighted by Gasteiger charge is -2.20. The standard InChI is InChI=1S/C25H22N2O8/c28-22(23(29)20-11-14(27(33)34)9-10-19(20)24(30)31)12-26-25(32)35-13-21-17-7-3-1-5-15(17)16-6-2-4-8-18(16)21/h1-11,21-23,28-29H,12-13H2,(H,26,32)(H,30,31). The van der Waals surface area contributed by atoms with Crippen molar-refractivity contribution >= 4 is 17.7 Å². The molecule has 2 unspecified atom stereocenters. The van der Waals surface area contributed by atoms with Gasteiger partial charge in [-0.15, -0.1) is 0 Å². The zero-order chi connectivity index (χ0) is 25.1. The third-order valence-corrected chi connectivity index (χ3v) is 5.96. The van der Waals surface area contributed by atoms with Crippen molar-refractivity contribution in [1.29, 1.82) is 0 Å². The van der Waals surface area contributed by atoms with E-state index in [1.165, 1.54) is 0 Å². The quantitative estimate of drug-likeness (QED) is 0.284. The molecule has 10 heteroatoms. The van der Waals surface area contributed by atoms with Crippen LogP contribution in [0.15, 0.2) is 66.7 Å². The molecule has 0 heterocycles. The van der Waals surface area contributed by atoms with Crippen molar-refractivity contribution in [3.63, 3.8) is 0 Å². The first-order valence-electron chi connectivity index (χ1n) is 10.7. The number of hydrogen-bond acceptors (Lipinski definition) is 7. The highest BCUT2D eigenvalue weighted by Crippen LogP contribution is 2.44. The van der Waals surface area contributed by atoms with Crippen LogP contribution in [0.25, 0.3) is 11.1 Å². The molecular formula is C25H22N2O8. The van der Waals surface area contributed by atoms with Gasteiger partial charge in [-0.05, 0) is 28.3 Å². The summed E-state index contributed by atoms with van der Waals surface area (Å²) >= 11 is 0. The Morgan fingerprint density at radius 2 is 1.60 bits per heavy atom. The van der Waals surface area contributed by atoms with E-state index in [9.17, 15) is 35.0 Å². The molecule has 1 aliphatic carbocycles. The molecule has 0 fully saturated rings. The van der Waals surface area contributed by atoms with E-state index in [1.807, 2.05) is 48.5 Å². The number of carbonyl (C=O) groups is 2. The van der Waals surface area contributed by atoms with Gasteiger partial charge in [0.2, 0.25) is 0 Å². The fourth-order valence-corrected chi connectivity index (χ4v) is 4.26. The maximum absolute atomic E-state index is 12.3. The van der Waals surface area contributed by atoms with E-state index in [1.54, 1.807) is 0 Å². The number of carbonyl (C=O) groups excluding carboxylic acids is 1. The van der Waals surface area contributed by atoms with Crippen molar-refractivity contribution in [2.45, 2.75) is 18.1 Å². The smallest absolute Gasteiger partial charge is 0.407 e. The minimum Gasteiger partial charge on any atom is -0.478 e. The van der Waals surface area contributed by atoms with E-state index in [4.69, 9.17) is 4.74 Å². The lowest BCUT2D eigenvalue weighted by Crippen LogP contribution is -2.36. The predicted molar refractivity (Wildman–Crippen MR) is 124 cm³/mol. The molecule has 2 atom stereocenters. The number of aromatic carboxylic acids is 1. The van der Waals surface area contributed by atoms with Crippen molar-refractivity contribution in [2.24, 2.45) is 0 Å². The van der Waals surface area contributed by atoms with Crippen LogP contribution >= 0.6 is 0 Å². The predicted octanol–water partition coefficient (Wildman–Crippen LogP) is 3.23. The summed E-state index contributed by atoms with van der Waals surface area (Å²) in [6.45, 7) is -0.424. The molecule has 0 spiro atoms. The molecule has 180 valence electrons. The molecule has 0 aromatic heterocycles. The molecule has 4 rings (SSSR count). The third kappa shape index (κ3) is 4.84. The molecule has 0 saturated carbocycles. The number of non-ortho nitro benzene ring substituents is 1. The Balaban J connectivity index is 1.39. The molecule has 3 aromatic rings. The summed E-state index contributed by atoms with van der Waals surface area (Å²) in [7, 11) is 0. The summed E-state index contributed by atoms with van der Waals surface area (Å²) in [5.41, 5.74) is 3.02. The number of nitro benzene ring substituents is 1. The summed E-state index contributed by atoms with van der Waals surface area (Å²) in [6.07, 6.45) is -4.28. The second-order valence-corrected chi connectivity index (χ2v) is 8.05. The summed E-state index contributed by atoms with van der Waals surface area (Å²) < 4.78 is 5.36. The Hall–Kier alpha value is -4.28. The van der Waals surface area contributed by atoms with Crippen molar-refractivity contribution in [1.82, 2.24) is 5.32 Å². The minimum absolute atomic E-state index is 0.0482. The number of carboxylic acids is 1. The van der Waals surface area contributed by atoms with E-state index >= 15 is 0 Å². The first kappa shape index (κ1) is 23.9. The SMILES string of the molecule is O=C(NCC(O)C(O)c1cc([N+](=O)[O-])ccc1C(=O)O)OCC1c2ccccc2-c2ccccc21. The lowest BCUT2D eigenvalue weighted by molar-refractivity contribution is -0.385. The lowest BCUT2D eigenvalue weighted by atomic mass is 9.97. The molecule has 10 nitrogen and oxygen atoms in total. The molecule has 35 heavy (non-hydrogen) atoms. The van der Waals surface area contributed by atoms with Gasteiger partial charge in [-0.25, -0.2) is 9.59 Å². The Kier molecular flexibility index (Phi) is 6.76. The number of amides is 1. The van der Waals surface area contributed by atoms with E-state index in [-0.39, 0.29) is 18.1 Å². The molecule has 0 radical (unpaired) electrons. The third-order valence-electron chi connectivity index (χ3n) is 5.96. The number of alkyl carbamates (subject to hydrolysis) is 1. The molecular weight excluding hydrogens is 456 g/mol. The van der Waals surface area contributed by atoms with Crippen molar-refractivity contribution in [3.05, 3.63) is 99.1 Å². The number of fused-ring (bicyclic) bond motifs is 3. The first-order valence-corrected chi connectivity index (χ1v) is 10.7. The number of nitro groups is 1. The van der Waals surface area contributed by atoms with E-state index in [0.29, 0.717) is 0 Å². The van der Waals surface area contributed by atoms with Crippen LogP contribution in [0.5, 0.6) is 0 Å². The van der Waals surface area contributed by atoms with E-state index < -0.39 is 47.0 Å². The van der Waals surface area contributed by atoms with Gasteiger partial charge in [-0.3, -0.25) is 10.1 Å². The molecule has 0 saturated heterocycles. The van der Waals surface area contributed by atoms with Gasteiger partial charge >= 0.3 is 12.1 Å². The number of carboxylic acid groups (broad SMARTS) is 1. The van der Waals surface area contributed by atoms with Crippen LogP contribution in [-0.2, 0) is 4.74 Å². The van der Waals surface area contributed by atoms with Gasteiger partial charge in [-0.2, -0.15) is 0 Å². The number of nitrogens with zero attached hydrogens (tertiary/aromatic N) is 1. The normalized spacial score (nSPS) is 13.9. The first-order chi connectivity index (χ1) is 16.8. The zero-order valence-electron chi connectivity index (χ0n) is 18.3. The van der Waals surface area contributed by atoms with Crippen LogP contribution in [0.3, 0.4) is 0 Å². The van der Waals surface area contributed by atoms with Crippen LogP contribution in [0.1, 0.15) is 39.1 Å². The molecule has 1 amide bonds.